The van der Waals surface area contributed by atoms with Gasteiger partial charge in [0.15, 0.2) is 0 Å². The largest absolute Gasteiger partial charge is 0.321 e. The molecule has 1 amide bonds. The maximum atomic E-state index is 13.1. The summed E-state index contributed by atoms with van der Waals surface area (Å²) in [6, 6.07) is 14.1. The average Bonchev–Trinajstić information content (AvgIpc) is 2.71. The van der Waals surface area contributed by atoms with E-state index >= 15 is 0 Å². The Balaban J connectivity index is 1.84. The number of benzene rings is 3. The lowest BCUT2D eigenvalue weighted by molar-refractivity contribution is 0.102. The first-order valence-corrected chi connectivity index (χ1v) is 11.3. The van der Waals surface area contributed by atoms with E-state index in [2.05, 4.69) is 10.0 Å². The number of carbonyl (C=O) groups excluding carboxylic acids is 1. The number of para-hydroxylation sites is 1. The molecule has 0 atom stereocenters. The molecule has 3 rings (SSSR count). The quantitative estimate of drug-likeness (QED) is 0.411. The molecule has 0 aliphatic heterocycles. The summed E-state index contributed by atoms with van der Waals surface area (Å²) >= 11 is 6.34. The Morgan fingerprint density at radius 3 is 2.32 bits per heavy atom. The van der Waals surface area contributed by atoms with E-state index in [-0.39, 0.29) is 43.5 Å². The molecule has 162 valence electrons. The summed E-state index contributed by atoms with van der Waals surface area (Å²) in [5.41, 5.74) is 0.146. The molecule has 31 heavy (non-hydrogen) atoms. The molecule has 0 saturated heterocycles. The SMILES string of the molecule is O=C(Nc1ccccc1SC(F)F)c1ccc(Cl)c(NS(=O)(=O)c2ccc(F)cc2)c1. The fourth-order valence-corrected chi connectivity index (χ4v) is 4.41. The molecule has 0 spiro atoms. The monoisotopic (exact) mass is 486 g/mol. The highest BCUT2D eigenvalue weighted by molar-refractivity contribution is 7.99. The van der Waals surface area contributed by atoms with Crippen LogP contribution in [0.1, 0.15) is 10.4 Å². The highest BCUT2D eigenvalue weighted by Gasteiger charge is 2.18. The topological polar surface area (TPSA) is 75.3 Å². The molecule has 2 N–H and O–H groups in total. The molecule has 0 aliphatic carbocycles. The summed E-state index contributed by atoms with van der Waals surface area (Å²) in [5, 5.41) is 2.55. The molecule has 11 heteroatoms. The lowest BCUT2D eigenvalue weighted by Gasteiger charge is -2.13. The third-order valence-corrected chi connectivity index (χ3v) is 6.45. The second-order valence-corrected chi connectivity index (χ2v) is 9.20. The number of halogens is 4. The molecule has 3 aromatic carbocycles. The minimum atomic E-state index is -4.09. The van der Waals surface area contributed by atoms with Crippen LogP contribution in [-0.2, 0) is 10.0 Å². The lowest BCUT2D eigenvalue weighted by Crippen LogP contribution is -2.16. The molecule has 0 bridgehead atoms. The van der Waals surface area contributed by atoms with Crippen molar-refractivity contribution in [2.24, 2.45) is 0 Å². The van der Waals surface area contributed by atoms with Crippen LogP contribution in [0, 0.1) is 5.82 Å². The predicted molar refractivity (Wildman–Crippen MR) is 115 cm³/mol. The van der Waals surface area contributed by atoms with Gasteiger partial charge in [-0.1, -0.05) is 35.5 Å². The first-order chi connectivity index (χ1) is 14.7. The fourth-order valence-electron chi connectivity index (χ4n) is 2.53. The Hall–Kier alpha value is -2.69. The zero-order valence-electron chi connectivity index (χ0n) is 15.5. The van der Waals surface area contributed by atoms with Gasteiger partial charge < -0.3 is 5.32 Å². The highest BCUT2D eigenvalue weighted by Crippen LogP contribution is 2.32. The molecule has 3 aromatic rings. The first kappa shape index (κ1) is 23.0. The summed E-state index contributed by atoms with van der Waals surface area (Å²) in [4.78, 5) is 12.6. The number of sulfonamides is 1. The maximum absolute atomic E-state index is 13.1. The smallest absolute Gasteiger partial charge is 0.288 e. The Bertz CT molecular complexity index is 1210. The van der Waals surface area contributed by atoms with Gasteiger partial charge in [0.05, 0.1) is 21.3 Å². The molecular formula is C20H14ClF3N2O3S2. The molecule has 0 saturated carbocycles. The van der Waals surface area contributed by atoms with Crippen molar-refractivity contribution < 1.29 is 26.4 Å². The van der Waals surface area contributed by atoms with Crippen molar-refractivity contribution >= 4 is 50.7 Å². The Morgan fingerprint density at radius 1 is 0.968 bits per heavy atom. The second kappa shape index (κ2) is 9.63. The van der Waals surface area contributed by atoms with Gasteiger partial charge in [-0.25, -0.2) is 12.8 Å². The van der Waals surface area contributed by atoms with Gasteiger partial charge in [0.1, 0.15) is 5.82 Å². The van der Waals surface area contributed by atoms with Crippen LogP contribution in [0.25, 0.3) is 0 Å². The van der Waals surface area contributed by atoms with Crippen molar-refractivity contribution in [3.05, 3.63) is 83.1 Å². The fraction of sp³-hybridized carbons (Fsp3) is 0.0500. The zero-order valence-corrected chi connectivity index (χ0v) is 17.9. The molecular weight excluding hydrogens is 473 g/mol. The van der Waals surface area contributed by atoms with Gasteiger partial charge in [0, 0.05) is 10.5 Å². The van der Waals surface area contributed by atoms with E-state index in [4.69, 9.17) is 11.6 Å². The first-order valence-electron chi connectivity index (χ1n) is 8.59. The lowest BCUT2D eigenvalue weighted by atomic mass is 10.2. The van der Waals surface area contributed by atoms with Crippen LogP contribution < -0.4 is 10.0 Å². The summed E-state index contributed by atoms with van der Waals surface area (Å²) in [6.07, 6.45) is 0. The Labute approximate surface area is 185 Å². The van der Waals surface area contributed by atoms with Crippen LogP contribution >= 0.6 is 23.4 Å². The van der Waals surface area contributed by atoms with Crippen LogP contribution in [0.15, 0.2) is 76.5 Å². The van der Waals surface area contributed by atoms with Crippen LogP contribution in [0.2, 0.25) is 5.02 Å². The van der Waals surface area contributed by atoms with Crippen molar-refractivity contribution in [2.75, 3.05) is 10.0 Å². The number of rotatable bonds is 7. The van der Waals surface area contributed by atoms with Crippen LogP contribution in [0.5, 0.6) is 0 Å². The molecule has 0 unspecified atom stereocenters. The van der Waals surface area contributed by atoms with Gasteiger partial charge >= 0.3 is 0 Å². The van der Waals surface area contributed by atoms with E-state index in [1.165, 1.54) is 30.3 Å². The summed E-state index contributed by atoms with van der Waals surface area (Å²) in [6.45, 7) is 0. The number of nitrogens with one attached hydrogen (secondary N) is 2. The Morgan fingerprint density at radius 2 is 1.65 bits per heavy atom. The molecule has 0 fully saturated rings. The van der Waals surface area contributed by atoms with Gasteiger partial charge in [-0.05, 0) is 54.6 Å². The number of hydrogen-bond donors (Lipinski definition) is 2. The van der Waals surface area contributed by atoms with E-state index < -0.39 is 27.5 Å². The molecule has 5 nitrogen and oxygen atoms in total. The normalized spacial score (nSPS) is 11.4. The van der Waals surface area contributed by atoms with Gasteiger partial charge in [-0.3, -0.25) is 9.52 Å². The van der Waals surface area contributed by atoms with Crippen molar-refractivity contribution in [2.45, 2.75) is 15.5 Å². The van der Waals surface area contributed by atoms with Gasteiger partial charge in [0.2, 0.25) is 0 Å². The van der Waals surface area contributed by atoms with E-state index in [9.17, 15) is 26.4 Å². The number of thioether (sulfide) groups is 1. The predicted octanol–water partition coefficient (Wildman–Crippen LogP) is 5.85. The van der Waals surface area contributed by atoms with E-state index in [0.29, 0.717) is 0 Å². The Kier molecular flexibility index (Phi) is 7.14. The van der Waals surface area contributed by atoms with E-state index in [1.54, 1.807) is 12.1 Å². The molecule has 0 radical (unpaired) electrons. The van der Waals surface area contributed by atoms with Crippen LogP contribution in [0.3, 0.4) is 0 Å². The van der Waals surface area contributed by atoms with Crippen LogP contribution in [-0.4, -0.2) is 20.1 Å². The standard InChI is InChI=1S/C20H14ClF3N2O3S2/c21-15-10-5-12(19(27)25-16-3-1-2-4-18(16)30-20(23)24)11-17(15)26-31(28,29)14-8-6-13(22)7-9-14/h1-11,20,26H,(H,25,27). The van der Waals surface area contributed by atoms with Crippen LogP contribution in [0.4, 0.5) is 24.5 Å². The minimum Gasteiger partial charge on any atom is -0.321 e. The van der Waals surface area contributed by atoms with Gasteiger partial charge in [0.25, 0.3) is 21.7 Å². The number of anilines is 2. The van der Waals surface area contributed by atoms with Crippen molar-refractivity contribution in [1.29, 1.82) is 0 Å². The third kappa shape index (κ3) is 5.93. The third-order valence-electron chi connectivity index (χ3n) is 3.95. The second-order valence-electron chi connectivity index (χ2n) is 6.08. The number of carbonyl (C=O) groups is 1. The molecule has 0 aromatic heterocycles. The molecule has 0 aliphatic rings. The highest BCUT2D eigenvalue weighted by atomic mass is 35.5. The van der Waals surface area contributed by atoms with E-state index in [0.717, 1.165) is 24.3 Å². The maximum Gasteiger partial charge on any atom is 0.288 e. The number of amides is 1. The van der Waals surface area contributed by atoms with Gasteiger partial charge in [-0.2, -0.15) is 8.78 Å². The summed E-state index contributed by atoms with van der Waals surface area (Å²) < 4.78 is 65.8. The minimum absolute atomic E-state index is 0.0240. The van der Waals surface area contributed by atoms with Gasteiger partial charge in [-0.15, -0.1) is 0 Å². The molecule has 0 heterocycles. The summed E-state index contributed by atoms with van der Waals surface area (Å²) in [7, 11) is -4.09. The summed E-state index contributed by atoms with van der Waals surface area (Å²) in [5.74, 6) is -3.91. The van der Waals surface area contributed by atoms with Crippen molar-refractivity contribution in [3.8, 4) is 0 Å². The number of hydrogen-bond acceptors (Lipinski definition) is 4. The van der Waals surface area contributed by atoms with Crippen molar-refractivity contribution in [3.63, 3.8) is 0 Å². The zero-order chi connectivity index (χ0) is 22.6. The van der Waals surface area contributed by atoms with Crippen molar-refractivity contribution in [1.82, 2.24) is 0 Å². The average molecular weight is 487 g/mol. The number of alkyl halides is 2. The van der Waals surface area contributed by atoms with E-state index in [1.807, 2.05) is 0 Å².